The van der Waals surface area contributed by atoms with Crippen LogP contribution in [0, 0.1) is 0 Å². The predicted octanol–water partition coefficient (Wildman–Crippen LogP) is -0.487. The molecule has 1 aromatic heterocycles. The fourth-order valence-electron chi connectivity index (χ4n) is 2.28. The molecule has 10 heteroatoms. The molecule has 138 valence electrons. The summed E-state index contributed by atoms with van der Waals surface area (Å²) in [5.41, 5.74) is 4.43. The van der Waals surface area contributed by atoms with E-state index in [-0.39, 0.29) is 13.0 Å². The average molecular weight is 355 g/mol. The van der Waals surface area contributed by atoms with Gasteiger partial charge in [0.2, 0.25) is 5.91 Å². The molecule has 1 aromatic rings. The molecular weight excluding hydrogens is 334 g/mol. The van der Waals surface area contributed by atoms with Crippen molar-refractivity contribution in [3.8, 4) is 0 Å². The summed E-state index contributed by atoms with van der Waals surface area (Å²) in [5, 5.41) is 11.7. The number of hydrazine groups is 1. The highest BCUT2D eigenvalue weighted by molar-refractivity contribution is 5.88. The summed E-state index contributed by atoms with van der Waals surface area (Å²) in [6, 6.07) is 2.32. The maximum Gasteiger partial charge on any atom is 0.305 e. The normalized spacial score (nSPS) is 17.0. The predicted molar refractivity (Wildman–Crippen MR) is 82.8 cm³/mol. The highest BCUT2D eigenvalue weighted by atomic mass is 16.7. The molecule has 0 spiro atoms. The minimum Gasteiger partial charge on any atom is -0.481 e. The van der Waals surface area contributed by atoms with Crippen LogP contribution in [0.2, 0.25) is 0 Å². The monoisotopic (exact) mass is 355 g/mol. The van der Waals surface area contributed by atoms with Crippen molar-refractivity contribution in [1.29, 1.82) is 0 Å². The first-order valence-electron chi connectivity index (χ1n) is 7.72. The van der Waals surface area contributed by atoms with Crippen molar-refractivity contribution in [3.05, 3.63) is 24.2 Å². The second kappa shape index (κ2) is 8.60. The fraction of sp³-hybridized carbons (Fsp3) is 0.533. The van der Waals surface area contributed by atoms with E-state index in [2.05, 4.69) is 16.2 Å². The topological polar surface area (TPSA) is 139 Å². The Labute approximate surface area is 143 Å². The smallest absolute Gasteiger partial charge is 0.305 e. The molecule has 2 heterocycles. The second-order valence-electron chi connectivity index (χ2n) is 5.66. The SMILES string of the molecule is CC1(CC(=O)NNC(=O)C(CC(=O)O)NCc2ccco2)OCCO1. The average Bonchev–Trinajstić information content (AvgIpc) is 3.20. The molecule has 4 N–H and O–H groups in total. The van der Waals surface area contributed by atoms with Gasteiger partial charge in [0.1, 0.15) is 5.76 Å². The van der Waals surface area contributed by atoms with Crippen molar-refractivity contribution >= 4 is 17.8 Å². The Morgan fingerprint density at radius 3 is 2.60 bits per heavy atom. The van der Waals surface area contributed by atoms with Gasteiger partial charge in [0.05, 0.1) is 44.9 Å². The maximum atomic E-state index is 12.1. The number of rotatable bonds is 8. The Morgan fingerprint density at radius 2 is 2.00 bits per heavy atom. The molecule has 1 atom stereocenters. The number of carboxylic acids is 1. The van der Waals surface area contributed by atoms with Crippen LogP contribution in [0.1, 0.15) is 25.5 Å². The number of aliphatic carboxylic acids is 1. The molecule has 1 fully saturated rings. The molecule has 25 heavy (non-hydrogen) atoms. The zero-order valence-corrected chi connectivity index (χ0v) is 13.7. The van der Waals surface area contributed by atoms with E-state index < -0.39 is 36.0 Å². The van der Waals surface area contributed by atoms with Crippen LogP contribution in [0.4, 0.5) is 0 Å². The summed E-state index contributed by atoms with van der Waals surface area (Å²) in [6.07, 6.45) is 0.917. The van der Waals surface area contributed by atoms with Gasteiger partial charge in [0, 0.05) is 0 Å². The van der Waals surface area contributed by atoms with Gasteiger partial charge < -0.3 is 19.0 Å². The molecule has 2 rings (SSSR count). The molecule has 0 bridgehead atoms. The summed E-state index contributed by atoms with van der Waals surface area (Å²) in [6.45, 7) is 2.59. The van der Waals surface area contributed by atoms with Crippen LogP contribution in [0.25, 0.3) is 0 Å². The molecule has 1 aliphatic rings. The van der Waals surface area contributed by atoms with Crippen LogP contribution >= 0.6 is 0 Å². The molecule has 0 aromatic carbocycles. The van der Waals surface area contributed by atoms with Gasteiger partial charge in [-0.1, -0.05) is 0 Å². The van der Waals surface area contributed by atoms with Gasteiger partial charge in [0.25, 0.3) is 5.91 Å². The Kier molecular flexibility index (Phi) is 6.51. The van der Waals surface area contributed by atoms with Crippen molar-refractivity contribution in [2.75, 3.05) is 13.2 Å². The lowest BCUT2D eigenvalue weighted by atomic mass is 10.2. The maximum absolute atomic E-state index is 12.1. The van der Waals surface area contributed by atoms with Gasteiger partial charge in [-0.15, -0.1) is 0 Å². The molecule has 0 saturated carbocycles. The summed E-state index contributed by atoms with van der Waals surface area (Å²) in [7, 11) is 0. The van der Waals surface area contributed by atoms with Gasteiger partial charge in [-0.3, -0.25) is 30.6 Å². The van der Waals surface area contributed by atoms with Crippen LogP contribution in [0.15, 0.2) is 22.8 Å². The molecule has 10 nitrogen and oxygen atoms in total. The van der Waals surface area contributed by atoms with Crippen molar-refractivity contribution in [2.45, 2.75) is 38.1 Å². The third-order valence-electron chi connectivity index (χ3n) is 3.50. The minimum absolute atomic E-state index is 0.100. The van der Waals surface area contributed by atoms with E-state index in [1.54, 1.807) is 19.1 Å². The van der Waals surface area contributed by atoms with Crippen LogP contribution in [0.3, 0.4) is 0 Å². The number of hydrogen-bond donors (Lipinski definition) is 4. The van der Waals surface area contributed by atoms with E-state index in [0.29, 0.717) is 19.0 Å². The Morgan fingerprint density at radius 1 is 1.28 bits per heavy atom. The second-order valence-corrected chi connectivity index (χ2v) is 5.66. The summed E-state index contributed by atoms with van der Waals surface area (Å²) in [4.78, 5) is 34.9. The largest absolute Gasteiger partial charge is 0.481 e. The van der Waals surface area contributed by atoms with Crippen molar-refractivity contribution in [3.63, 3.8) is 0 Å². The van der Waals surface area contributed by atoms with E-state index in [4.69, 9.17) is 19.0 Å². The minimum atomic E-state index is -1.15. The first-order chi connectivity index (χ1) is 11.9. The quantitative estimate of drug-likeness (QED) is 0.458. The summed E-state index contributed by atoms with van der Waals surface area (Å²) >= 11 is 0. The number of nitrogens with one attached hydrogen (secondary N) is 3. The van der Waals surface area contributed by atoms with Gasteiger partial charge in [-0.25, -0.2) is 0 Å². The third kappa shape index (κ3) is 6.18. The van der Waals surface area contributed by atoms with Crippen LogP contribution in [-0.2, 0) is 30.4 Å². The Bertz CT molecular complexity index is 596. The first kappa shape index (κ1) is 18.9. The highest BCUT2D eigenvalue weighted by Gasteiger charge is 2.34. The molecule has 1 aliphatic heterocycles. The van der Waals surface area contributed by atoms with E-state index in [9.17, 15) is 14.4 Å². The lowest BCUT2D eigenvalue weighted by Crippen LogP contribution is -2.52. The molecule has 1 unspecified atom stereocenters. The van der Waals surface area contributed by atoms with Gasteiger partial charge >= 0.3 is 5.97 Å². The molecular formula is C15H21N3O7. The van der Waals surface area contributed by atoms with E-state index in [1.165, 1.54) is 6.26 Å². The first-order valence-corrected chi connectivity index (χ1v) is 7.72. The van der Waals surface area contributed by atoms with Crippen LogP contribution < -0.4 is 16.2 Å². The number of ether oxygens (including phenoxy) is 2. The van der Waals surface area contributed by atoms with E-state index in [1.807, 2.05) is 0 Å². The number of carboxylic acid groups (broad SMARTS) is 1. The zero-order valence-electron chi connectivity index (χ0n) is 13.7. The Balaban J connectivity index is 1.81. The lowest BCUT2D eigenvalue weighted by molar-refractivity contribution is -0.161. The van der Waals surface area contributed by atoms with Crippen LogP contribution in [0.5, 0.6) is 0 Å². The highest BCUT2D eigenvalue weighted by Crippen LogP contribution is 2.21. The number of carbonyl (C=O) groups excluding carboxylic acids is 2. The van der Waals surface area contributed by atoms with Gasteiger partial charge in [0.15, 0.2) is 5.79 Å². The fourth-order valence-corrected chi connectivity index (χ4v) is 2.28. The third-order valence-corrected chi connectivity index (χ3v) is 3.50. The van der Waals surface area contributed by atoms with Crippen LogP contribution in [-0.4, -0.2) is 47.9 Å². The summed E-state index contributed by atoms with van der Waals surface area (Å²) in [5.74, 6) is -2.82. The molecule has 0 radical (unpaired) electrons. The zero-order chi connectivity index (χ0) is 18.3. The van der Waals surface area contributed by atoms with Crippen molar-refractivity contribution in [1.82, 2.24) is 16.2 Å². The van der Waals surface area contributed by atoms with Gasteiger partial charge in [-0.05, 0) is 19.1 Å². The summed E-state index contributed by atoms with van der Waals surface area (Å²) < 4.78 is 15.7. The Hall–Kier alpha value is -2.43. The molecule has 1 saturated heterocycles. The van der Waals surface area contributed by atoms with Crippen molar-refractivity contribution < 1.29 is 33.4 Å². The van der Waals surface area contributed by atoms with Gasteiger partial charge in [-0.2, -0.15) is 0 Å². The number of hydrogen-bond acceptors (Lipinski definition) is 7. The number of carbonyl (C=O) groups is 3. The van der Waals surface area contributed by atoms with E-state index >= 15 is 0 Å². The standard InChI is InChI=1S/C15H21N3O7/c1-15(24-5-6-25-15)8-12(19)17-18-14(22)11(7-13(20)21)16-9-10-3-2-4-23-10/h2-4,11,16H,5-9H2,1H3,(H,17,19)(H,18,22)(H,20,21). The molecule has 2 amide bonds. The number of furan rings is 1. The lowest BCUT2D eigenvalue weighted by Gasteiger charge is -2.22. The molecule has 0 aliphatic carbocycles. The van der Waals surface area contributed by atoms with E-state index in [0.717, 1.165) is 0 Å². The van der Waals surface area contributed by atoms with Crippen molar-refractivity contribution in [2.24, 2.45) is 0 Å². The number of amides is 2.